The van der Waals surface area contributed by atoms with Crippen molar-refractivity contribution in [3.63, 3.8) is 0 Å². The SMILES string of the molecule is C=C(C=N)c1ccc(Nc2nc(-c3cccc(OCC(N)=O)c3)nc3ccsc23)cc1. The lowest BCUT2D eigenvalue weighted by molar-refractivity contribution is -0.119. The predicted molar refractivity (Wildman–Crippen MR) is 125 cm³/mol. The number of benzene rings is 2. The third kappa shape index (κ3) is 4.59. The summed E-state index contributed by atoms with van der Waals surface area (Å²) in [7, 11) is 0. The van der Waals surface area contributed by atoms with E-state index in [0.29, 0.717) is 23.0 Å². The van der Waals surface area contributed by atoms with Gasteiger partial charge in [-0.3, -0.25) is 4.79 Å². The number of nitrogens with zero attached hydrogens (tertiary/aromatic N) is 2. The van der Waals surface area contributed by atoms with Crippen molar-refractivity contribution in [2.75, 3.05) is 11.9 Å². The Morgan fingerprint density at radius 1 is 1.19 bits per heavy atom. The predicted octanol–water partition coefficient (Wildman–Crippen LogP) is 4.63. The summed E-state index contributed by atoms with van der Waals surface area (Å²) in [6.45, 7) is 3.65. The van der Waals surface area contributed by atoms with E-state index in [-0.39, 0.29) is 6.61 Å². The molecule has 0 saturated heterocycles. The lowest BCUT2D eigenvalue weighted by Crippen LogP contribution is -2.19. The van der Waals surface area contributed by atoms with Gasteiger partial charge in [0, 0.05) is 17.5 Å². The van der Waals surface area contributed by atoms with Gasteiger partial charge in [-0.1, -0.05) is 30.8 Å². The summed E-state index contributed by atoms with van der Waals surface area (Å²) in [5, 5.41) is 12.7. The first-order valence-electron chi connectivity index (χ1n) is 9.37. The molecule has 1 amide bonds. The van der Waals surface area contributed by atoms with Gasteiger partial charge >= 0.3 is 0 Å². The Balaban J connectivity index is 1.67. The Morgan fingerprint density at radius 3 is 2.74 bits per heavy atom. The number of anilines is 2. The van der Waals surface area contributed by atoms with Crippen molar-refractivity contribution in [2.24, 2.45) is 5.73 Å². The highest BCUT2D eigenvalue weighted by molar-refractivity contribution is 7.17. The van der Waals surface area contributed by atoms with Crippen LogP contribution in [0.1, 0.15) is 5.56 Å². The fourth-order valence-electron chi connectivity index (χ4n) is 2.94. The van der Waals surface area contributed by atoms with Crippen molar-refractivity contribution >= 4 is 50.8 Å². The minimum atomic E-state index is -0.539. The van der Waals surface area contributed by atoms with Crippen LogP contribution >= 0.6 is 11.3 Å². The lowest BCUT2D eigenvalue weighted by atomic mass is 10.1. The topological polar surface area (TPSA) is 114 Å². The highest BCUT2D eigenvalue weighted by atomic mass is 32.1. The van der Waals surface area contributed by atoms with Gasteiger partial charge in [0.1, 0.15) is 5.75 Å². The van der Waals surface area contributed by atoms with E-state index in [9.17, 15) is 4.79 Å². The largest absolute Gasteiger partial charge is 0.484 e. The molecule has 4 N–H and O–H groups in total. The summed E-state index contributed by atoms with van der Waals surface area (Å²) < 4.78 is 6.34. The number of hydrogen-bond donors (Lipinski definition) is 3. The third-order valence-corrected chi connectivity index (χ3v) is 5.38. The number of nitrogens with two attached hydrogens (primary N) is 1. The molecule has 0 radical (unpaired) electrons. The van der Waals surface area contributed by atoms with Crippen LogP contribution in [0.5, 0.6) is 5.75 Å². The Morgan fingerprint density at radius 2 is 2.00 bits per heavy atom. The number of carbonyl (C=O) groups is 1. The van der Waals surface area contributed by atoms with Crippen molar-refractivity contribution in [2.45, 2.75) is 0 Å². The molecule has 4 aromatic rings. The van der Waals surface area contributed by atoms with Crippen molar-refractivity contribution in [1.29, 1.82) is 5.41 Å². The molecule has 2 aromatic heterocycles. The van der Waals surface area contributed by atoms with Gasteiger partial charge in [-0.2, -0.15) is 0 Å². The standard InChI is InChI=1S/C23H19N5O2S/c1-14(12-24)15-5-7-17(8-6-15)26-23-21-19(9-10-31-21)27-22(28-23)16-3-2-4-18(11-16)30-13-20(25)29/h2-12,24H,1,13H2,(H2,25,29)(H,26,27,28). The summed E-state index contributed by atoms with van der Waals surface area (Å²) in [4.78, 5) is 20.4. The van der Waals surface area contributed by atoms with Crippen molar-refractivity contribution in [3.8, 4) is 17.1 Å². The zero-order valence-corrected chi connectivity index (χ0v) is 17.3. The van der Waals surface area contributed by atoms with Gasteiger partial charge in [0.15, 0.2) is 18.2 Å². The number of ether oxygens (including phenoxy) is 1. The monoisotopic (exact) mass is 429 g/mol. The van der Waals surface area contributed by atoms with Gasteiger partial charge in [0.25, 0.3) is 5.91 Å². The van der Waals surface area contributed by atoms with E-state index >= 15 is 0 Å². The van der Waals surface area contributed by atoms with E-state index in [0.717, 1.165) is 27.0 Å². The molecule has 0 bridgehead atoms. The molecule has 7 nitrogen and oxygen atoms in total. The third-order valence-electron chi connectivity index (χ3n) is 4.47. The molecule has 154 valence electrons. The second kappa shape index (κ2) is 8.76. The van der Waals surface area contributed by atoms with Gasteiger partial charge in [-0.15, -0.1) is 11.3 Å². The number of allylic oxidation sites excluding steroid dienone is 1. The first-order valence-corrected chi connectivity index (χ1v) is 10.2. The fraction of sp³-hybridized carbons (Fsp3) is 0.0435. The number of nitrogens with one attached hydrogen (secondary N) is 2. The molecule has 0 atom stereocenters. The van der Waals surface area contributed by atoms with E-state index < -0.39 is 5.91 Å². The van der Waals surface area contributed by atoms with Gasteiger partial charge in [0.2, 0.25) is 0 Å². The number of fused-ring (bicyclic) bond motifs is 1. The van der Waals surface area contributed by atoms with E-state index in [2.05, 4.69) is 16.9 Å². The smallest absolute Gasteiger partial charge is 0.255 e. The van der Waals surface area contributed by atoms with E-state index in [4.69, 9.17) is 20.9 Å². The second-order valence-corrected chi connectivity index (χ2v) is 7.60. The number of amides is 1. The highest BCUT2D eigenvalue weighted by Gasteiger charge is 2.12. The van der Waals surface area contributed by atoms with E-state index in [1.165, 1.54) is 6.21 Å². The highest BCUT2D eigenvalue weighted by Crippen LogP contribution is 2.32. The van der Waals surface area contributed by atoms with Crippen LogP contribution in [0.3, 0.4) is 0 Å². The minimum Gasteiger partial charge on any atom is -0.484 e. The Labute approximate surface area is 182 Å². The van der Waals surface area contributed by atoms with Crippen LogP contribution in [0, 0.1) is 5.41 Å². The van der Waals surface area contributed by atoms with Gasteiger partial charge < -0.3 is 21.2 Å². The summed E-state index contributed by atoms with van der Waals surface area (Å²) in [5.41, 5.74) is 9.14. The molecule has 31 heavy (non-hydrogen) atoms. The molecule has 0 aliphatic heterocycles. The van der Waals surface area contributed by atoms with Gasteiger partial charge in [-0.05, 0) is 46.8 Å². The molecule has 0 saturated carbocycles. The zero-order valence-electron chi connectivity index (χ0n) is 16.5. The summed E-state index contributed by atoms with van der Waals surface area (Å²) in [6, 6.07) is 16.8. The van der Waals surface area contributed by atoms with Crippen molar-refractivity contribution in [1.82, 2.24) is 9.97 Å². The Kier molecular flexibility index (Phi) is 5.72. The second-order valence-electron chi connectivity index (χ2n) is 6.69. The normalized spacial score (nSPS) is 10.6. The maximum atomic E-state index is 11.0. The van der Waals surface area contributed by atoms with Crippen LogP contribution in [0.4, 0.5) is 11.5 Å². The van der Waals surface area contributed by atoms with E-state index in [1.807, 2.05) is 47.8 Å². The lowest BCUT2D eigenvalue weighted by Gasteiger charge is -2.11. The first kappa shape index (κ1) is 20.2. The van der Waals surface area contributed by atoms with Crippen molar-refractivity contribution in [3.05, 3.63) is 72.1 Å². The summed E-state index contributed by atoms with van der Waals surface area (Å²) in [5.74, 6) is 1.20. The summed E-state index contributed by atoms with van der Waals surface area (Å²) in [6.07, 6.45) is 1.23. The molecular weight excluding hydrogens is 410 g/mol. The fourth-order valence-corrected chi connectivity index (χ4v) is 3.72. The number of carbonyl (C=O) groups excluding carboxylic acids is 1. The maximum Gasteiger partial charge on any atom is 0.255 e. The minimum absolute atomic E-state index is 0.193. The number of aromatic nitrogens is 2. The number of thiophene rings is 1. The van der Waals surface area contributed by atoms with Crippen LogP contribution < -0.4 is 15.8 Å². The molecule has 4 rings (SSSR count). The number of rotatable bonds is 8. The Bertz CT molecular complexity index is 1280. The van der Waals surface area contributed by atoms with Crippen LogP contribution in [0.2, 0.25) is 0 Å². The Hall–Kier alpha value is -4.04. The molecule has 0 aliphatic rings. The van der Waals surface area contributed by atoms with Crippen LogP contribution in [-0.4, -0.2) is 28.7 Å². The molecule has 2 heterocycles. The summed E-state index contributed by atoms with van der Waals surface area (Å²) >= 11 is 1.56. The molecule has 8 heteroatoms. The van der Waals surface area contributed by atoms with E-state index in [1.54, 1.807) is 23.5 Å². The molecule has 0 fully saturated rings. The van der Waals surface area contributed by atoms with Crippen LogP contribution in [0.25, 0.3) is 27.2 Å². The molecule has 0 aliphatic carbocycles. The number of primary amides is 1. The van der Waals surface area contributed by atoms with Crippen LogP contribution in [-0.2, 0) is 4.79 Å². The average Bonchev–Trinajstić information content (AvgIpc) is 3.27. The van der Waals surface area contributed by atoms with Crippen molar-refractivity contribution < 1.29 is 9.53 Å². The first-order chi connectivity index (χ1) is 15.0. The average molecular weight is 430 g/mol. The number of hydrogen-bond acceptors (Lipinski definition) is 7. The van der Waals surface area contributed by atoms with Gasteiger partial charge in [0.05, 0.1) is 10.2 Å². The van der Waals surface area contributed by atoms with Crippen LogP contribution in [0.15, 0.2) is 66.6 Å². The van der Waals surface area contributed by atoms with Gasteiger partial charge in [-0.25, -0.2) is 9.97 Å². The quantitative estimate of drug-likeness (QED) is 0.353. The molecular formula is C23H19N5O2S. The molecule has 0 unspecified atom stereocenters. The maximum absolute atomic E-state index is 11.0. The molecule has 2 aromatic carbocycles. The zero-order chi connectivity index (χ0) is 21.8. The molecule has 0 spiro atoms.